The van der Waals surface area contributed by atoms with Crippen LogP contribution in [0.25, 0.3) is 11.3 Å². The minimum Gasteiger partial charge on any atom is -0.328 e. The summed E-state index contributed by atoms with van der Waals surface area (Å²) in [5.74, 6) is 2.79. The van der Waals surface area contributed by atoms with Gasteiger partial charge in [0, 0.05) is 32.6 Å². The monoisotopic (exact) mass is 335 g/mol. The molecule has 1 fully saturated rings. The maximum absolute atomic E-state index is 4.74. The second-order valence-electron chi connectivity index (χ2n) is 7.09. The number of hydrogen-bond donors (Lipinski definition) is 0. The number of thiophene rings is 1. The summed E-state index contributed by atoms with van der Waals surface area (Å²) in [5, 5.41) is 4.46. The minimum absolute atomic E-state index is 0.757. The van der Waals surface area contributed by atoms with Gasteiger partial charge in [-0.05, 0) is 39.8 Å². The first-order valence-corrected chi connectivity index (χ1v) is 9.64. The molecule has 0 spiro atoms. The Morgan fingerprint density at radius 2 is 1.92 bits per heavy atom. The van der Waals surface area contributed by atoms with Crippen molar-refractivity contribution in [2.75, 3.05) is 13.1 Å². The quantitative estimate of drug-likeness (QED) is 0.723. The number of fused-ring (bicyclic) bond motifs is 2. The lowest BCUT2D eigenvalue weighted by atomic mass is 9.89. The summed E-state index contributed by atoms with van der Waals surface area (Å²) in [6.45, 7) is 4.65. The number of rotatable bonds is 3. The summed E-state index contributed by atoms with van der Waals surface area (Å²) in [4.78, 5) is 7.37. The average molecular weight is 335 g/mol. The Balaban J connectivity index is 1.37. The summed E-state index contributed by atoms with van der Waals surface area (Å²) in [5.41, 5.74) is 4.02. The van der Waals surface area contributed by atoms with Crippen molar-refractivity contribution in [2.24, 2.45) is 11.8 Å². The van der Waals surface area contributed by atoms with Gasteiger partial charge in [-0.3, -0.25) is 4.90 Å². The van der Waals surface area contributed by atoms with Crippen LogP contribution in [0.1, 0.15) is 11.4 Å². The highest BCUT2D eigenvalue weighted by atomic mass is 32.1. The summed E-state index contributed by atoms with van der Waals surface area (Å²) in [7, 11) is 0. The summed E-state index contributed by atoms with van der Waals surface area (Å²) < 4.78 is 2.46. The van der Waals surface area contributed by atoms with E-state index >= 15 is 0 Å². The number of likely N-dealkylation sites (tertiary alicyclic amines) is 1. The molecule has 5 rings (SSSR count). The first kappa shape index (κ1) is 14.4. The van der Waals surface area contributed by atoms with Gasteiger partial charge in [-0.2, -0.15) is 11.3 Å². The van der Waals surface area contributed by atoms with Gasteiger partial charge in [-0.15, -0.1) is 0 Å². The largest absolute Gasteiger partial charge is 0.328 e. The zero-order chi connectivity index (χ0) is 15.9. The van der Waals surface area contributed by atoms with Crippen LogP contribution in [0, 0.1) is 11.8 Å². The summed E-state index contributed by atoms with van der Waals surface area (Å²) in [6, 6.07) is 12.9. The molecule has 2 aliphatic rings. The summed E-state index contributed by atoms with van der Waals surface area (Å²) >= 11 is 1.80. The number of aromatic nitrogens is 2. The Labute approximate surface area is 146 Å². The van der Waals surface area contributed by atoms with E-state index in [9.17, 15) is 0 Å². The molecule has 3 nitrogen and oxygen atoms in total. The van der Waals surface area contributed by atoms with E-state index in [1.54, 1.807) is 11.3 Å². The molecular weight excluding hydrogens is 314 g/mol. The Bertz CT molecular complexity index is 822. The van der Waals surface area contributed by atoms with E-state index in [0.29, 0.717) is 0 Å². The Kier molecular flexibility index (Phi) is 3.53. The number of benzene rings is 1. The number of imidazole rings is 1. The summed E-state index contributed by atoms with van der Waals surface area (Å²) in [6.07, 6.45) is 3.19. The van der Waals surface area contributed by atoms with Crippen LogP contribution in [0.3, 0.4) is 0 Å². The van der Waals surface area contributed by atoms with Crippen molar-refractivity contribution in [3.05, 3.63) is 64.7 Å². The second kappa shape index (κ2) is 5.87. The van der Waals surface area contributed by atoms with Crippen LogP contribution in [0.2, 0.25) is 0 Å². The maximum atomic E-state index is 4.74. The molecular formula is C20H21N3S. The third kappa shape index (κ3) is 2.50. The van der Waals surface area contributed by atoms with E-state index in [-0.39, 0.29) is 0 Å². The lowest BCUT2D eigenvalue weighted by molar-refractivity contribution is 0.307. The lowest BCUT2D eigenvalue weighted by Crippen LogP contribution is -2.28. The number of hydrogen-bond acceptors (Lipinski definition) is 3. The molecule has 122 valence electrons. The van der Waals surface area contributed by atoms with Crippen molar-refractivity contribution in [2.45, 2.75) is 19.5 Å². The highest BCUT2D eigenvalue weighted by Crippen LogP contribution is 2.35. The molecule has 0 N–H and O–H groups in total. The van der Waals surface area contributed by atoms with Gasteiger partial charge in [-0.25, -0.2) is 4.98 Å². The van der Waals surface area contributed by atoms with Gasteiger partial charge in [0.05, 0.1) is 11.9 Å². The van der Waals surface area contributed by atoms with E-state index in [2.05, 4.69) is 62.8 Å². The SMILES string of the molecule is c1ccc(-c2cnc3n2C[C@@H]2CN(Cc4ccsc4)C[C@H]2C3)cc1. The molecule has 2 atom stereocenters. The highest BCUT2D eigenvalue weighted by molar-refractivity contribution is 7.07. The lowest BCUT2D eigenvalue weighted by Gasteiger charge is -2.27. The smallest absolute Gasteiger partial charge is 0.109 e. The van der Waals surface area contributed by atoms with Crippen LogP contribution in [0.4, 0.5) is 0 Å². The molecule has 4 heterocycles. The maximum Gasteiger partial charge on any atom is 0.109 e. The third-order valence-electron chi connectivity index (χ3n) is 5.51. The van der Waals surface area contributed by atoms with Crippen molar-refractivity contribution >= 4 is 11.3 Å². The standard InChI is InChI=1S/C20H21N3S/c1-2-4-16(5-3-1)19-9-21-20-8-17-11-22(10-15-6-7-24-14-15)12-18(17)13-23(19)20/h1-7,9,14,17-18H,8,10-13H2/t17-,18+/m1/s1. The molecule has 2 aromatic heterocycles. The van der Waals surface area contributed by atoms with Crippen molar-refractivity contribution in [1.29, 1.82) is 0 Å². The van der Waals surface area contributed by atoms with Crippen LogP contribution in [0.5, 0.6) is 0 Å². The van der Waals surface area contributed by atoms with Gasteiger partial charge < -0.3 is 4.57 Å². The zero-order valence-electron chi connectivity index (χ0n) is 13.6. The first-order valence-electron chi connectivity index (χ1n) is 8.70. The van der Waals surface area contributed by atoms with Gasteiger partial charge in [-0.1, -0.05) is 30.3 Å². The van der Waals surface area contributed by atoms with Gasteiger partial charge in [0.2, 0.25) is 0 Å². The van der Waals surface area contributed by atoms with E-state index < -0.39 is 0 Å². The van der Waals surface area contributed by atoms with Gasteiger partial charge in [0.1, 0.15) is 5.82 Å². The third-order valence-corrected chi connectivity index (χ3v) is 6.24. The predicted octanol–water partition coefficient (Wildman–Crippen LogP) is 3.92. The molecule has 1 aromatic carbocycles. The minimum atomic E-state index is 0.757. The normalized spacial score (nSPS) is 23.2. The molecule has 3 aromatic rings. The molecule has 0 saturated carbocycles. The molecule has 0 bridgehead atoms. The average Bonchev–Trinajstić information content (AvgIpc) is 3.32. The molecule has 0 aliphatic carbocycles. The van der Waals surface area contributed by atoms with Crippen LogP contribution in [-0.4, -0.2) is 27.5 Å². The molecule has 4 heteroatoms. The molecule has 2 aliphatic heterocycles. The van der Waals surface area contributed by atoms with Crippen molar-refractivity contribution < 1.29 is 0 Å². The van der Waals surface area contributed by atoms with Gasteiger partial charge in [0.15, 0.2) is 0 Å². The van der Waals surface area contributed by atoms with Crippen molar-refractivity contribution in [3.63, 3.8) is 0 Å². The fourth-order valence-electron chi connectivity index (χ4n) is 4.33. The molecule has 0 amide bonds. The zero-order valence-corrected chi connectivity index (χ0v) is 14.5. The molecule has 24 heavy (non-hydrogen) atoms. The van der Waals surface area contributed by atoms with Gasteiger partial charge >= 0.3 is 0 Å². The fourth-order valence-corrected chi connectivity index (χ4v) is 4.99. The molecule has 0 radical (unpaired) electrons. The predicted molar refractivity (Wildman–Crippen MR) is 97.9 cm³/mol. The van der Waals surface area contributed by atoms with Gasteiger partial charge in [0.25, 0.3) is 0 Å². The van der Waals surface area contributed by atoms with E-state index in [1.807, 2.05) is 0 Å². The Morgan fingerprint density at radius 1 is 1.04 bits per heavy atom. The second-order valence-corrected chi connectivity index (χ2v) is 7.87. The molecule has 0 unspecified atom stereocenters. The van der Waals surface area contributed by atoms with Crippen LogP contribution >= 0.6 is 11.3 Å². The topological polar surface area (TPSA) is 21.1 Å². The van der Waals surface area contributed by atoms with E-state index in [0.717, 1.165) is 31.3 Å². The van der Waals surface area contributed by atoms with Crippen LogP contribution in [0.15, 0.2) is 53.4 Å². The van der Waals surface area contributed by atoms with E-state index in [4.69, 9.17) is 4.98 Å². The van der Waals surface area contributed by atoms with Crippen molar-refractivity contribution in [1.82, 2.24) is 14.5 Å². The first-order chi connectivity index (χ1) is 11.9. The Morgan fingerprint density at radius 3 is 2.75 bits per heavy atom. The Hall–Kier alpha value is -1.91. The molecule has 1 saturated heterocycles. The highest BCUT2D eigenvalue weighted by Gasteiger charge is 2.37. The van der Waals surface area contributed by atoms with Crippen LogP contribution < -0.4 is 0 Å². The number of nitrogens with zero attached hydrogens (tertiary/aromatic N) is 3. The van der Waals surface area contributed by atoms with E-state index in [1.165, 1.54) is 35.7 Å². The fraction of sp³-hybridized carbons (Fsp3) is 0.350. The van der Waals surface area contributed by atoms with Crippen molar-refractivity contribution in [3.8, 4) is 11.3 Å². The van der Waals surface area contributed by atoms with Crippen LogP contribution in [-0.2, 0) is 19.5 Å².